The SMILES string of the molecule is N=C(N)N(C(N)=O)C(=O)CCC(=O)N(C(=N)N)C(N)=O. The van der Waals surface area contributed by atoms with E-state index in [4.69, 9.17) is 33.8 Å². The van der Waals surface area contributed by atoms with Crippen molar-refractivity contribution in [3.8, 4) is 0 Å². The largest absolute Gasteiger partial charge is 0.369 e. The maximum absolute atomic E-state index is 11.5. The molecular formula is C8H14N8O4. The van der Waals surface area contributed by atoms with Crippen molar-refractivity contribution >= 4 is 35.8 Å². The second-order valence-corrected chi connectivity index (χ2v) is 3.41. The van der Waals surface area contributed by atoms with Crippen molar-refractivity contribution in [2.45, 2.75) is 12.8 Å². The number of carbonyl (C=O) groups is 4. The minimum absolute atomic E-state index is 0.148. The number of rotatable bonds is 3. The summed E-state index contributed by atoms with van der Waals surface area (Å²) in [7, 11) is 0. The van der Waals surface area contributed by atoms with Gasteiger partial charge in [-0.1, -0.05) is 0 Å². The van der Waals surface area contributed by atoms with E-state index in [1.807, 2.05) is 0 Å². The van der Waals surface area contributed by atoms with Crippen LogP contribution in [0, 0.1) is 10.8 Å². The van der Waals surface area contributed by atoms with Crippen LogP contribution in [-0.2, 0) is 9.59 Å². The lowest BCUT2D eigenvalue weighted by molar-refractivity contribution is -0.130. The van der Waals surface area contributed by atoms with Crippen LogP contribution in [0.4, 0.5) is 9.59 Å². The van der Waals surface area contributed by atoms with Gasteiger partial charge in [-0.2, -0.15) is 0 Å². The van der Waals surface area contributed by atoms with Crippen LogP contribution < -0.4 is 22.9 Å². The van der Waals surface area contributed by atoms with E-state index in [0.29, 0.717) is 0 Å². The number of hydrogen-bond acceptors (Lipinski definition) is 6. The molecule has 110 valence electrons. The van der Waals surface area contributed by atoms with Gasteiger partial charge in [0, 0.05) is 12.8 Å². The fraction of sp³-hybridized carbons (Fsp3) is 0.250. The number of nitrogens with zero attached hydrogens (tertiary/aromatic N) is 2. The van der Waals surface area contributed by atoms with E-state index in [9.17, 15) is 19.2 Å². The van der Waals surface area contributed by atoms with Gasteiger partial charge in [-0.3, -0.25) is 20.4 Å². The first-order valence-electron chi connectivity index (χ1n) is 5.02. The number of amides is 6. The molecule has 0 spiro atoms. The lowest BCUT2D eigenvalue weighted by Gasteiger charge is -2.18. The predicted octanol–water partition coefficient (Wildman–Crippen LogP) is -2.63. The lowest BCUT2D eigenvalue weighted by atomic mass is 10.2. The van der Waals surface area contributed by atoms with Gasteiger partial charge in [0.2, 0.25) is 23.7 Å². The molecule has 10 N–H and O–H groups in total. The van der Waals surface area contributed by atoms with E-state index >= 15 is 0 Å². The molecule has 0 fully saturated rings. The van der Waals surface area contributed by atoms with Gasteiger partial charge in [0.1, 0.15) is 0 Å². The molecule has 0 aromatic heterocycles. The number of nitrogens with two attached hydrogens (primary N) is 4. The number of nitrogens with one attached hydrogen (secondary N) is 2. The number of hydrogen-bond donors (Lipinski definition) is 6. The van der Waals surface area contributed by atoms with Crippen molar-refractivity contribution in [1.29, 1.82) is 10.8 Å². The van der Waals surface area contributed by atoms with Crippen molar-refractivity contribution in [3.05, 3.63) is 0 Å². The molecule has 0 aromatic rings. The number of carbonyl (C=O) groups excluding carboxylic acids is 4. The van der Waals surface area contributed by atoms with Crippen molar-refractivity contribution < 1.29 is 19.2 Å². The molecule has 6 amide bonds. The molecule has 0 heterocycles. The first kappa shape index (κ1) is 16.8. The third-order valence-electron chi connectivity index (χ3n) is 1.97. The Hall–Kier alpha value is -3.18. The molecule has 0 unspecified atom stereocenters. The summed E-state index contributed by atoms with van der Waals surface area (Å²) >= 11 is 0. The molecular weight excluding hydrogens is 272 g/mol. The van der Waals surface area contributed by atoms with Crippen LogP contribution in [0.25, 0.3) is 0 Å². The molecule has 0 aromatic carbocycles. The van der Waals surface area contributed by atoms with Gasteiger partial charge in [-0.05, 0) is 0 Å². The quantitative estimate of drug-likeness (QED) is 0.240. The Bertz CT molecular complexity index is 415. The van der Waals surface area contributed by atoms with Crippen LogP contribution in [0.2, 0.25) is 0 Å². The Morgan fingerprint density at radius 1 is 0.700 bits per heavy atom. The summed E-state index contributed by atoms with van der Waals surface area (Å²) in [6, 6.07) is -2.57. The highest BCUT2D eigenvalue weighted by Crippen LogP contribution is 2.02. The lowest BCUT2D eigenvalue weighted by Crippen LogP contribution is -2.50. The van der Waals surface area contributed by atoms with Crippen molar-refractivity contribution in [3.63, 3.8) is 0 Å². The highest BCUT2D eigenvalue weighted by molar-refractivity contribution is 6.12. The summed E-state index contributed by atoms with van der Waals surface area (Å²) in [5.74, 6) is -3.86. The van der Waals surface area contributed by atoms with E-state index in [-0.39, 0.29) is 9.80 Å². The van der Waals surface area contributed by atoms with Gasteiger partial charge < -0.3 is 22.9 Å². The Kier molecular flexibility index (Phi) is 5.61. The van der Waals surface area contributed by atoms with Crippen molar-refractivity contribution in [2.75, 3.05) is 0 Å². The third kappa shape index (κ3) is 4.25. The van der Waals surface area contributed by atoms with E-state index in [1.165, 1.54) is 0 Å². The molecule has 0 saturated heterocycles. The second-order valence-electron chi connectivity index (χ2n) is 3.41. The minimum atomic E-state index is -1.28. The maximum Gasteiger partial charge on any atom is 0.328 e. The third-order valence-corrected chi connectivity index (χ3v) is 1.97. The molecule has 12 nitrogen and oxygen atoms in total. The van der Waals surface area contributed by atoms with Crippen LogP contribution >= 0.6 is 0 Å². The predicted molar refractivity (Wildman–Crippen MR) is 65.9 cm³/mol. The smallest absolute Gasteiger partial charge is 0.328 e. The van der Waals surface area contributed by atoms with Gasteiger partial charge in [0.15, 0.2) is 0 Å². The summed E-state index contributed by atoms with van der Waals surface area (Å²) in [5.41, 5.74) is 19.6. The molecule has 0 radical (unpaired) electrons. The van der Waals surface area contributed by atoms with Crippen molar-refractivity contribution in [2.24, 2.45) is 22.9 Å². The molecule has 0 saturated carbocycles. The van der Waals surface area contributed by atoms with E-state index in [2.05, 4.69) is 0 Å². The molecule has 12 heteroatoms. The summed E-state index contributed by atoms with van der Waals surface area (Å²) in [6.07, 6.45) is -1.17. The van der Waals surface area contributed by atoms with Gasteiger partial charge >= 0.3 is 12.1 Å². The van der Waals surface area contributed by atoms with Crippen LogP contribution in [0.1, 0.15) is 12.8 Å². The number of primary amides is 2. The van der Waals surface area contributed by atoms with Crippen LogP contribution in [0.5, 0.6) is 0 Å². The summed E-state index contributed by atoms with van der Waals surface area (Å²) < 4.78 is 0. The minimum Gasteiger partial charge on any atom is -0.369 e. The summed E-state index contributed by atoms with van der Waals surface area (Å²) in [6.45, 7) is 0. The maximum atomic E-state index is 11.5. The van der Waals surface area contributed by atoms with Crippen LogP contribution in [0.3, 0.4) is 0 Å². The first-order chi connectivity index (χ1) is 9.09. The molecule has 20 heavy (non-hydrogen) atoms. The molecule has 0 bridgehead atoms. The fourth-order valence-electron chi connectivity index (χ4n) is 1.19. The molecule has 0 rings (SSSR count). The van der Waals surface area contributed by atoms with Gasteiger partial charge in [-0.25, -0.2) is 19.4 Å². The Morgan fingerprint density at radius 2 is 0.950 bits per heavy atom. The molecule has 0 aliphatic rings. The standard InChI is InChI=1S/C8H14N8O4/c9-5(10)15(7(13)19)3(17)1-2-4(18)16(6(11)12)8(14)20/h1-2H2,(H3,9,10)(H3,11,12)(H2,13,19)(H2,14,20). The number of guanidine groups is 2. The number of urea groups is 2. The second kappa shape index (κ2) is 6.67. The Morgan fingerprint density at radius 3 is 1.10 bits per heavy atom. The first-order valence-corrected chi connectivity index (χ1v) is 5.02. The summed E-state index contributed by atoms with van der Waals surface area (Å²) in [4.78, 5) is 45.1. The zero-order chi connectivity index (χ0) is 16.0. The average molecular weight is 286 g/mol. The Balaban J connectivity index is 4.77. The van der Waals surface area contributed by atoms with E-state index in [0.717, 1.165) is 0 Å². The zero-order valence-electron chi connectivity index (χ0n) is 10.3. The summed E-state index contributed by atoms with van der Waals surface area (Å²) in [5, 5.41) is 14.0. The highest BCUT2D eigenvalue weighted by atomic mass is 16.2. The zero-order valence-corrected chi connectivity index (χ0v) is 10.3. The Labute approximate surface area is 112 Å². The average Bonchev–Trinajstić information content (AvgIpc) is 2.23. The molecule has 0 aliphatic heterocycles. The van der Waals surface area contributed by atoms with Crippen LogP contribution in [0.15, 0.2) is 0 Å². The van der Waals surface area contributed by atoms with Gasteiger partial charge in [0.25, 0.3) is 0 Å². The monoisotopic (exact) mass is 286 g/mol. The normalized spacial score (nSPS) is 9.40. The van der Waals surface area contributed by atoms with Gasteiger partial charge in [-0.15, -0.1) is 0 Å². The number of imide groups is 2. The molecule has 0 aliphatic carbocycles. The highest BCUT2D eigenvalue weighted by Gasteiger charge is 2.26. The molecule has 0 atom stereocenters. The fourth-order valence-corrected chi connectivity index (χ4v) is 1.19. The topological polar surface area (TPSA) is 227 Å². The van der Waals surface area contributed by atoms with E-state index < -0.39 is 48.6 Å². The van der Waals surface area contributed by atoms with Crippen molar-refractivity contribution in [1.82, 2.24) is 9.80 Å². The van der Waals surface area contributed by atoms with E-state index in [1.54, 1.807) is 0 Å². The van der Waals surface area contributed by atoms with Gasteiger partial charge in [0.05, 0.1) is 0 Å². The van der Waals surface area contributed by atoms with Crippen LogP contribution in [-0.4, -0.2) is 45.6 Å².